The maximum Gasteiger partial charge on any atom is 0.144 e. The molecule has 0 saturated carbocycles. The Labute approximate surface area is 197 Å². The average Bonchev–Trinajstić information content (AvgIpc) is 2.83. The van der Waals surface area contributed by atoms with Crippen LogP contribution in [-0.4, -0.2) is 29.2 Å². The zero-order chi connectivity index (χ0) is 23.4. The molecule has 1 saturated heterocycles. The van der Waals surface area contributed by atoms with Crippen LogP contribution in [-0.2, 0) is 5.72 Å². The number of ether oxygens (including phenoxy) is 1. The summed E-state index contributed by atoms with van der Waals surface area (Å²) in [5, 5.41) is 14.1. The number of hydrogen-bond acceptors (Lipinski definition) is 3. The van der Waals surface area contributed by atoms with Crippen molar-refractivity contribution in [3.63, 3.8) is 0 Å². The minimum Gasteiger partial charge on any atom is -0.490 e. The van der Waals surface area contributed by atoms with Gasteiger partial charge in [0, 0.05) is 18.5 Å². The van der Waals surface area contributed by atoms with Crippen molar-refractivity contribution >= 4 is 10.8 Å². The van der Waals surface area contributed by atoms with Crippen LogP contribution in [0.3, 0.4) is 0 Å². The van der Waals surface area contributed by atoms with E-state index in [9.17, 15) is 9.50 Å². The number of hydrogen-bond donors (Lipinski definition) is 1. The first-order valence-electron chi connectivity index (χ1n) is 12.3. The topological polar surface area (TPSA) is 32.7 Å². The van der Waals surface area contributed by atoms with Crippen LogP contribution in [0.15, 0.2) is 60.7 Å². The van der Waals surface area contributed by atoms with Gasteiger partial charge in [-0.3, -0.25) is 4.90 Å². The molecule has 1 N–H and O–H groups in total. The molecule has 0 aliphatic carbocycles. The van der Waals surface area contributed by atoms with Crippen LogP contribution in [0.25, 0.3) is 10.8 Å². The SMILES string of the molecule is CC(CCC(O)(c1ccc(F)cc1)N1CCCCC1)Oc1cccc2ccc(C(C)C)cc12. The first-order chi connectivity index (χ1) is 15.9. The summed E-state index contributed by atoms with van der Waals surface area (Å²) in [6.45, 7) is 8.16. The quantitative estimate of drug-likeness (QED) is 0.403. The van der Waals surface area contributed by atoms with Crippen LogP contribution in [0, 0.1) is 5.82 Å². The second-order valence-electron chi connectivity index (χ2n) is 9.73. The first kappa shape index (κ1) is 23.7. The number of fused-ring (bicyclic) bond motifs is 1. The molecule has 176 valence electrons. The molecule has 1 heterocycles. The Morgan fingerprint density at radius 2 is 1.70 bits per heavy atom. The summed E-state index contributed by atoms with van der Waals surface area (Å²) >= 11 is 0. The second-order valence-corrected chi connectivity index (χ2v) is 9.73. The van der Waals surface area contributed by atoms with Crippen molar-refractivity contribution in [1.82, 2.24) is 4.90 Å². The van der Waals surface area contributed by atoms with Gasteiger partial charge < -0.3 is 9.84 Å². The molecule has 4 heteroatoms. The summed E-state index contributed by atoms with van der Waals surface area (Å²) < 4.78 is 20.0. The van der Waals surface area contributed by atoms with Gasteiger partial charge >= 0.3 is 0 Å². The van der Waals surface area contributed by atoms with Crippen molar-refractivity contribution < 1.29 is 14.2 Å². The number of nitrogens with zero attached hydrogens (tertiary/aromatic N) is 1. The highest BCUT2D eigenvalue weighted by molar-refractivity contribution is 5.89. The molecule has 4 rings (SSSR count). The minimum atomic E-state index is -1.12. The van der Waals surface area contributed by atoms with Gasteiger partial charge in [0.05, 0.1) is 6.10 Å². The van der Waals surface area contributed by atoms with E-state index in [0.29, 0.717) is 18.8 Å². The molecule has 1 fully saturated rings. The average molecular weight is 450 g/mol. The number of likely N-dealkylation sites (tertiary alicyclic amines) is 1. The highest BCUT2D eigenvalue weighted by atomic mass is 19.1. The monoisotopic (exact) mass is 449 g/mol. The standard InChI is InChI=1S/C29H36FNO2/c1-21(2)24-11-10-23-8-7-9-28(27(23)20-24)33-22(3)16-17-29(32,31-18-5-4-6-19-31)25-12-14-26(30)15-13-25/h7-15,20-22,32H,4-6,16-19H2,1-3H3. The highest BCUT2D eigenvalue weighted by Gasteiger charge is 2.37. The van der Waals surface area contributed by atoms with Gasteiger partial charge in [0.25, 0.3) is 0 Å². The Kier molecular flexibility index (Phi) is 7.35. The highest BCUT2D eigenvalue weighted by Crippen LogP contribution is 2.35. The fraction of sp³-hybridized carbons (Fsp3) is 0.448. The third-order valence-corrected chi connectivity index (χ3v) is 6.95. The number of piperidine rings is 1. The molecular weight excluding hydrogens is 413 g/mol. The van der Waals surface area contributed by atoms with Gasteiger partial charge in [-0.15, -0.1) is 0 Å². The molecule has 3 aromatic rings. The van der Waals surface area contributed by atoms with Gasteiger partial charge in [0.1, 0.15) is 17.3 Å². The largest absolute Gasteiger partial charge is 0.490 e. The number of benzene rings is 3. The van der Waals surface area contributed by atoms with E-state index in [2.05, 4.69) is 49.9 Å². The maximum absolute atomic E-state index is 13.6. The Morgan fingerprint density at radius 3 is 2.39 bits per heavy atom. The molecule has 2 unspecified atom stereocenters. The summed E-state index contributed by atoms with van der Waals surface area (Å²) in [7, 11) is 0. The van der Waals surface area contributed by atoms with E-state index in [-0.39, 0.29) is 11.9 Å². The molecule has 0 radical (unpaired) electrons. The van der Waals surface area contributed by atoms with E-state index in [0.717, 1.165) is 42.6 Å². The molecule has 3 nitrogen and oxygen atoms in total. The van der Waals surface area contributed by atoms with Gasteiger partial charge in [-0.1, -0.05) is 56.7 Å². The van der Waals surface area contributed by atoms with Crippen molar-refractivity contribution in [3.05, 3.63) is 77.6 Å². The summed E-state index contributed by atoms with van der Waals surface area (Å²) in [5.74, 6) is 1.05. The molecule has 0 spiro atoms. The Bertz CT molecular complexity index is 1060. The van der Waals surface area contributed by atoms with Gasteiger partial charge in [-0.2, -0.15) is 0 Å². The van der Waals surface area contributed by atoms with E-state index >= 15 is 0 Å². The lowest BCUT2D eigenvalue weighted by Gasteiger charge is -2.43. The third kappa shape index (κ3) is 5.39. The van der Waals surface area contributed by atoms with E-state index in [1.165, 1.54) is 29.5 Å². The smallest absolute Gasteiger partial charge is 0.144 e. The van der Waals surface area contributed by atoms with E-state index in [1.54, 1.807) is 12.1 Å². The normalized spacial score (nSPS) is 17.8. The first-order valence-corrected chi connectivity index (χ1v) is 12.3. The summed E-state index contributed by atoms with van der Waals surface area (Å²) in [6.07, 6.45) is 4.48. The Balaban J connectivity index is 1.52. The predicted molar refractivity (Wildman–Crippen MR) is 133 cm³/mol. The molecule has 0 bridgehead atoms. The van der Waals surface area contributed by atoms with E-state index in [1.807, 2.05) is 12.1 Å². The van der Waals surface area contributed by atoms with Crippen LogP contribution in [0.2, 0.25) is 0 Å². The van der Waals surface area contributed by atoms with Crippen molar-refractivity contribution in [2.24, 2.45) is 0 Å². The van der Waals surface area contributed by atoms with Crippen LogP contribution >= 0.6 is 0 Å². The molecule has 3 aromatic carbocycles. The molecule has 0 amide bonds. The van der Waals surface area contributed by atoms with Crippen LogP contribution in [0.1, 0.15) is 69.9 Å². The van der Waals surface area contributed by atoms with Gasteiger partial charge in [0.2, 0.25) is 0 Å². The van der Waals surface area contributed by atoms with Crippen LogP contribution in [0.4, 0.5) is 4.39 Å². The summed E-state index contributed by atoms with van der Waals surface area (Å²) in [6, 6.07) is 19.0. The number of aliphatic hydroxyl groups is 1. The van der Waals surface area contributed by atoms with Crippen LogP contribution in [0.5, 0.6) is 5.75 Å². The van der Waals surface area contributed by atoms with Crippen LogP contribution < -0.4 is 4.74 Å². The zero-order valence-corrected chi connectivity index (χ0v) is 20.1. The number of rotatable bonds is 8. The fourth-order valence-electron chi connectivity index (χ4n) is 4.87. The molecule has 1 aliphatic rings. The lowest BCUT2D eigenvalue weighted by atomic mass is 9.92. The lowest BCUT2D eigenvalue weighted by molar-refractivity contribution is -0.133. The number of halogens is 1. The Morgan fingerprint density at radius 1 is 0.970 bits per heavy atom. The predicted octanol–water partition coefficient (Wildman–Crippen LogP) is 6.98. The molecule has 33 heavy (non-hydrogen) atoms. The van der Waals surface area contributed by atoms with Gasteiger partial charge in [0.15, 0.2) is 0 Å². The Hall–Kier alpha value is -2.43. The molecule has 2 atom stereocenters. The zero-order valence-electron chi connectivity index (χ0n) is 20.1. The lowest BCUT2D eigenvalue weighted by Crippen LogP contribution is -2.49. The van der Waals surface area contributed by atoms with Crippen molar-refractivity contribution in [1.29, 1.82) is 0 Å². The van der Waals surface area contributed by atoms with Crippen molar-refractivity contribution in [3.8, 4) is 5.75 Å². The van der Waals surface area contributed by atoms with Crippen molar-refractivity contribution in [2.45, 2.75) is 70.6 Å². The molecule has 0 aromatic heterocycles. The fourth-order valence-corrected chi connectivity index (χ4v) is 4.87. The van der Waals surface area contributed by atoms with Gasteiger partial charge in [-0.05, 0) is 79.3 Å². The molecule has 1 aliphatic heterocycles. The summed E-state index contributed by atoms with van der Waals surface area (Å²) in [5.41, 5.74) is 0.932. The van der Waals surface area contributed by atoms with E-state index in [4.69, 9.17) is 4.74 Å². The maximum atomic E-state index is 13.6. The van der Waals surface area contributed by atoms with E-state index < -0.39 is 5.72 Å². The van der Waals surface area contributed by atoms with Gasteiger partial charge in [-0.25, -0.2) is 4.39 Å². The van der Waals surface area contributed by atoms with Crippen molar-refractivity contribution in [2.75, 3.05) is 13.1 Å². The minimum absolute atomic E-state index is 0.0740. The molecular formula is C29H36FNO2. The third-order valence-electron chi connectivity index (χ3n) is 6.95. The second kappa shape index (κ2) is 10.2. The summed E-state index contributed by atoms with van der Waals surface area (Å²) in [4.78, 5) is 2.16.